The van der Waals surface area contributed by atoms with Gasteiger partial charge in [-0.2, -0.15) is 0 Å². The van der Waals surface area contributed by atoms with E-state index in [0.29, 0.717) is 31.9 Å². The van der Waals surface area contributed by atoms with E-state index in [-0.39, 0.29) is 5.91 Å². The van der Waals surface area contributed by atoms with Crippen molar-refractivity contribution in [3.63, 3.8) is 0 Å². The maximum atomic E-state index is 12.3. The molecule has 0 radical (unpaired) electrons. The van der Waals surface area contributed by atoms with Crippen molar-refractivity contribution in [2.24, 2.45) is 5.92 Å². The van der Waals surface area contributed by atoms with Crippen LogP contribution in [0.5, 0.6) is 0 Å². The molecule has 4 rings (SSSR count). The van der Waals surface area contributed by atoms with E-state index in [0.717, 1.165) is 36.8 Å². The zero-order chi connectivity index (χ0) is 17.4. The summed E-state index contributed by atoms with van der Waals surface area (Å²) in [6, 6.07) is 0. The van der Waals surface area contributed by atoms with E-state index in [4.69, 9.17) is 9.47 Å². The van der Waals surface area contributed by atoms with E-state index in [1.165, 1.54) is 11.3 Å². The van der Waals surface area contributed by atoms with Crippen LogP contribution in [0, 0.1) is 5.92 Å². The van der Waals surface area contributed by atoms with E-state index in [2.05, 4.69) is 22.1 Å². The number of piperidine rings is 1. The average molecular weight is 365 g/mol. The van der Waals surface area contributed by atoms with Gasteiger partial charge in [0.05, 0.1) is 12.2 Å². The number of amides is 1. The molecule has 25 heavy (non-hydrogen) atoms. The molecule has 2 saturated heterocycles. The molecule has 136 valence electrons. The zero-order valence-corrected chi connectivity index (χ0v) is 15.2. The van der Waals surface area contributed by atoms with Crippen molar-refractivity contribution in [1.29, 1.82) is 0 Å². The van der Waals surface area contributed by atoms with Crippen LogP contribution in [-0.4, -0.2) is 53.8 Å². The van der Waals surface area contributed by atoms with Gasteiger partial charge in [0, 0.05) is 30.8 Å². The predicted molar refractivity (Wildman–Crippen MR) is 92.8 cm³/mol. The summed E-state index contributed by atoms with van der Waals surface area (Å²) in [6.45, 7) is 4.36. The lowest BCUT2D eigenvalue weighted by Gasteiger charge is -2.35. The van der Waals surface area contributed by atoms with Crippen LogP contribution in [0.4, 0.5) is 9.93 Å². The molecule has 2 aliphatic heterocycles. The number of ether oxygens (including phenoxy) is 2. The minimum absolute atomic E-state index is 0.0326. The number of fused-ring (bicyclic) bond motifs is 1. The van der Waals surface area contributed by atoms with Crippen LogP contribution in [0.3, 0.4) is 0 Å². The number of cyclic esters (lactones) is 1. The number of nitrogens with zero attached hydrogens (tertiary/aromatic N) is 2. The maximum absolute atomic E-state index is 12.3. The van der Waals surface area contributed by atoms with Crippen molar-refractivity contribution in [2.75, 3.05) is 31.6 Å². The largest absolute Gasteiger partial charge is 0.509 e. The fourth-order valence-electron chi connectivity index (χ4n) is 3.75. The van der Waals surface area contributed by atoms with E-state index in [1.54, 1.807) is 11.3 Å². The Labute approximate surface area is 150 Å². The minimum atomic E-state index is -0.576. The van der Waals surface area contributed by atoms with Crippen molar-refractivity contribution >= 4 is 28.5 Å². The molecule has 1 spiro atoms. The molecule has 2 fully saturated rings. The first-order valence-corrected chi connectivity index (χ1v) is 9.70. The molecule has 1 aliphatic carbocycles. The van der Waals surface area contributed by atoms with E-state index in [1.807, 2.05) is 0 Å². The summed E-state index contributed by atoms with van der Waals surface area (Å²) < 4.78 is 10.2. The fourth-order valence-corrected chi connectivity index (χ4v) is 4.93. The lowest BCUT2D eigenvalue weighted by molar-refractivity contribution is -0.118. The number of hydrogen-bond donors (Lipinski definition) is 1. The van der Waals surface area contributed by atoms with Crippen LogP contribution in [-0.2, 0) is 27.1 Å². The third-order valence-electron chi connectivity index (χ3n) is 5.32. The number of carbonyl (C=O) groups is 2. The van der Waals surface area contributed by atoms with E-state index >= 15 is 0 Å². The van der Waals surface area contributed by atoms with E-state index in [9.17, 15) is 9.59 Å². The molecule has 3 heterocycles. The lowest BCUT2D eigenvalue weighted by atomic mass is 9.92. The molecule has 0 aromatic carbocycles. The summed E-state index contributed by atoms with van der Waals surface area (Å²) in [4.78, 5) is 31.5. The molecular formula is C17H23N3O4S. The van der Waals surface area contributed by atoms with Gasteiger partial charge in [0.2, 0.25) is 5.91 Å². The first-order valence-electron chi connectivity index (χ1n) is 8.88. The number of thiazole rings is 1. The molecule has 1 amide bonds. The lowest BCUT2D eigenvalue weighted by Crippen LogP contribution is -2.48. The smallest absolute Gasteiger partial charge is 0.430 e. The minimum Gasteiger partial charge on any atom is -0.430 e. The summed E-state index contributed by atoms with van der Waals surface area (Å²) >= 11 is 1.61. The normalized spacial score (nSPS) is 25.3. The van der Waals surface area contributed by atoms with Crippen LogP contribution < -0.4 is 5.32 Å². The molecule has 0 saturated carbocycles. The standard InChI is InChI=1S/C17H23N3O4S/c1-11-2-3-12-13(8-11)25-15(18-12)19-14(21)9-20-6-4-17(5-7-20)10-23-16(22)24-17/h11H,2-10H2,1H3,(H,18,19,21)/t11-/m1/s1. The molecule has 7 nitrogen and oxygen atoms in total. The van der Waals surface area contributed by atoms with E-state index < -0.39 is 11.8 Å². The Morgan fingerprint density at radius 3 is 2.96 bits per heavy atom. The predicted octanol–water partition coefficient (Wildman–Crippen LogP) is 2.21. The van der Waals surface area contributed by atoms with Crippen molar-refractivity contribution in [3.8, 4) is 0 Å². The number of aromatic nitrogens is 1. The van der Waals surface area contributed by atoms with Crippen LogP contribution in [0.25, 0.3) is 0 Å². The highest BCUT2D eigenvalue weighted by atomic mass is 32.1. The van der Waals surface area contributed by atoms with Gasteiger partial charge in [0.1, 0.15) is 6.61 Å². The molecule has 8 heteroatoms. The van der Waals surface area contributed by atoms with Crippen LogP contribution in [0.15, 0.2) is 0 Å². The Morgan fingerprint density at radius 2 is 2.24 bits per heavy atom. The second-order valence-electron chi connectivity index (χ2n) is 7.38. The number of carbonyl (C=O) groups excluding carboxylic acids is 2. The van der Waals surface area contributed by atoms with Crippen molar-refractivity contribution in [3.05, 3.63) is 10.6 Å². The molecular weight excluding hydrogens is 342 g/mol. The molecule has 0 bridgehead atoms. The summed E-state index contributed by atoms with van der Waals surface area (Å²) in [5, 5.41) is 3.66. The van der Waals surface area contributed by atoms with Gasteiger partial charge in [0.25, 0.3) is 0 Å². The summed E-state index contributed by atoms with van der Waals surface area (Å²) in [5.41, 5.74) is 0.677. The summed E-state index contributed by atoms with van der Waals surface area (Å²) in [5.74, 6) is 0.667. The van der Waals surface area contributed by atoms with Crippen molar-refractivity contribution < 1.29 is 19.1 Å². The van der Waals surface area contributed by atoms with Gasteiger partial charge >= 0.3 is 6.16 Å². The molecule has 1 aromatic heterocycles. The van der Waals surface area contributed by atoms with Gasteiger partial charge in [-0.1, -0.05) is 6.92 Å². The highest BCUT2D eigenvalue weighted by molar-refractivity contribution is 7.15. The molecule has 1 atom stereocenters. The number of nitrogens with one attached hydrogen (secondary N) is 1. The number of hydrogen-bond acceptors (Lipinski definition) is 7. The van der Waals surface area contributed by atoms with Crippen LogP contribution in [0.2, 0.25) is 0 Å². The molecule has 1 N–H and O–H groups in total. The van der Waals surface area contributed by atoms with Gasteiger partial charge in [0.15, 0.2) is 10.7 Å². The number of likely N-dealkylation sites (tertiary alicyclic amines) is 1. The summed E-state index contributed by atoms with van der Waals surface area (Å²) in [6.07, 6.45) is 4.09. The molecule has 1 aromatic rings. The fraction of sp³-hybridized carbons (Fsp3) is 0.706. The number of anilines is 1. The van der Waals surface area contributed by atoms with Gasteiger partial charge in [-0.15, -0.1) is 11.3 Å². The zero-order valence-electron chi connectivity index (χ0n) is 14.4. The number of rotatable bonds is 3. The van der Waals surface area contributed by atoms with Gasteiger partial charge in [-0.3, -0.25) is 9.69 Å². The Morgan fingerprint density at radius 1 is 1.44 bits per heavy atom. The van der Waals surface area contributed by atoms with Gasteiger partial charge < -0.3 is 14.8 Å². The highest BCUT2D eigenvalue weighted by Crippen LogP contribution is 2.33. The quantitative estimate of drug-likeness (QED) is 0.827. The maximum Gasteiger partial charge on any atom is 0.509 e. The Hall–Kier alpha value is -1.67. The van der Waals surface area contributed by atoms with Crippen molar-refractivity contribution in [2.45, 2.75) is 44.6 Å². The SMILES string of the molecule is C[C@@H]1CCc2nc(NC(=O)CN3CCC4(CC3)COC(=O)O4)sc2C1. The summed E-state index contributed by atoms with van der Waals surface area (Å²) in [7, 11) is 0. The van der Waals surface area contributed by atoms with Crippen LogP contribution in [0.1, 0.15) is 36.8 Å². The highest BCUT2D eigenvalue weighted by Gasteiger charge is 2.44. The first-order chi connectivity index (χ1) is 12.0. The third kappa shape index (κ3) is 3.64. The van der Waals surface area contributed by atoms with Gasteiger partial charge in [-0.25, -0.2) is 9.78 Å². The second kappa shape index (κ2) is 6.57. The van der Waals surface area contributed by atoms with Crippen LogP contribution >= 0.6 is 11.3 Å². The molecule has 3 aliphatic rings. The topological polar surface area (TPSA) is 80.8 Å². The van der Waals surface area contributed by atoms with Gasteiger partial charge in [-0.05, 0) is 25.2 Å². The second-order valence-corrected chi connectivity index (χ2v) is 8.47. The average Bonchev–Trinajstić information content (AvgIpc) is 3.12. The van der Waals surface area contributed by atoms with Crippen molar-refractivity contribution in [1.82, 2.24) is 9.88 Å². The Balaban J connectivity index is 1.28. The molecule has 0 unspecified atom stereocenters. The first kappa shape index (κ1) is 16.8. The third-order valence-corrected chi connectivity index (χ3v) is 6.36. The number of aryl methyl sites for hydroxylation is 1. The Bertz CT molecular complexity index is 681. The monoisotopic (exact) mass is 365 g/mol. The Kier molecular flexibility index (Phi) is 4.41.